The molecule has 2 amide bonds. The number of carbonyl (C=O) groups excluding carboxylic acids is 2. The monoisotopic (exact) mass is 359 g/mol. The van der Waals surface area contributed by atoms with Crippen molar-refractivity contribution in [1.29, 1.82) is 5.26 Å². The fourth-order valence-corrected chi connectivity index (χ4v) is 2.76. The van der Waals surface area contributed by atoms with Crippen LogP contribution in [0.1, 0.15) is 50.4 Å². The van der Waals surface area contributed by atoms with E-state index in [0.29, 0.717) is 24.9 Å². The molecule has 1 fully saturated rings. The van der Waals surface area contributed by atoms with Gasteiger partial charge in [-0.1, -0.05) is 0 Å². The Morgan fingerprint density at radius 2 is 2.19 bits per heavy atom. The molecule has 9 nitrogen and oxygen atoms in total. The van der Waals surface area contributed by atoms with Gasteiger partial charge in [-0.2, -0.15) is 10.2 Å². The third kappa shape index (κ3) is 5.31. The SMILES string of the molecule is CC(C)(C)Nc1ncc(C(N)=O)c(NC2CCCN(C(=O)CC#N)C2)n1. The van der Waals surface area contributed by atoms with Crippen LogP contribution in [0.2, 0.25) is 0 Å². The minimum absolute atomic E-state index is 0.0816. The van der Waals surface area contributed by atoms with Crippen LogP contribution in [0, 0.1) is 11.3 Å². The molecule has 140 valence electrons. The van der Waals surface area contributed by atoms with Crippen LogP contribution in [0.4, 0.5) is 11.8 Å². The molecule has 4 N–H and O–H groups in total. The molecule has 2 rings (SSSR count). The third-order valence-electron chi connectivity index (χ3n) is 3.89. The van der Waals surface area contributed by atoms with Crippen LogP contribution in [0.5, 0.6) is 0 Å². The maximum Gasteiger partial charge on any atom is 0.254 e. The Hall–Kier alpha value is -2.89. The van der Waals surface area contributed by atoms with E-state index < -0.39 is 5.91 Å². The van der Waals surface area contributed by atoms with Crippen molar-refractivity contribution in [3.63, 3.8) is 0 Å². The molecule has 1 aliphatic heterocycles. The van der Waals surface area contributed by atoms with E-state index in [-0.39, 0.29) is 29.5 Å². The molecule has 2 heterocycles. The van der Waals surface area contributed by atoms with Crippen LogP contribution in [-0.4, -0.2) is 51.4 Å². The lowest BCUT2D eigenvalue weighted by Gasteiger charge is -2.33. The van der Waals surface area contributed by atoms with Gasteiger partial charge in [0.1, 0.15) is 12.2 Å². The summed E-state index contributed by atoms with van der Waals surface area (Å²) in [5.41, 5.74) is 5.39. The first-order valence-electron chi connectivity index (χ1n) is 8.56. The number of amides is 2. The Balaban J connectivity index is 2.18. The van der Waals surface area contributed by atoms with Crippen molar-refractivity contribution in [2.45, 2.75) is 51.6 Å². The van der Waals surface area contributed by atoms with Crippen molar-refractivity contribution < 1.29 is 9.59 Å². The Morgan fingerprint density at radius 3 is 2.81 bits per heavy atom. The minimum atomic E-state index is -0.622. The van der Waals surface area contributed by atoms with E-state index >= 15 is 0 Å². The average molecular weight is 359 g/mol. The average Bonchev–Trinajstić information content (AvgIpc) is 2.53. The standard InChI is InChI=1S/C17H25N7O2/c1-17(2,3)23-16-20-9-12(14(19)26)15(22-16)21-11-5-4-8-24(10-11)13(25)6-7-18/h9,11H,4-6,8,10H2,1-3H3,(H2,19,26)(H2,20,21,22,23). The summed E-state index contributed by atoms with van der Waals surface area (Å²) < 4.78 is 0. The van der Waals surface area contributed by atoms with E-state index in [2.05, 4.69) is 20.6 Å². The quantitative estimate of drug-likeness (QED) is 0.716. The predicted octanol–water partition coefficient (Wildman–Crippen LogP) is 1.10. The van der Waals surface area contributed by atoms with Crippen molar-refractivity contribution in [1.82, 2.24) is 14.9 Å². The van der Waals surface area contributed by atoms with E-state index in [1.165, 1.54) is 6.20 Å². The van der Waals surface area contributed by atoms with Crippen molar-refractivity contribution in [2.75, 3.05) is 23.7 Å². The van der Waals surface area contributed by atoms with Crippen LogP contribution in [0.25, 0.3) is 0 Å². The highest BCUT2D eigenvalue weighted by Gasteiger charge is 2.25. The maximum absolute atomic E-state index is 11.9. The number of nitrogens with two attached hydrogens (primary N) is 1. The number of aromatic nitrogens is 2. The molecule has 1 aliphatic rings. The molecule has 26 heavy (non-hydrogen) atoms. The Kier molecular flexibility index (Phi) is 5.97. The summed E-state index contributed by atoms with van der Waals surface area (Å²) >= 11 is 0. The first kappa shape index (κ1) is 19.4. The summed E-state index contributed by atoms with van der Waals surface area (Å²) in [7, 11) is 0. The van der Waals surface area contributed by atoms with Crippen LogP contribution in [-0.2, 0) is 4.79 Å². The molecule has 0 spiro atoms. The second kappa shape index (κ2) is 7.99. The summed E-state index contributed by atoms with van der Waals surface area (Å²) in [6.07, 6.45) is 2.89. The van der Waals surface area contributed by atoms with Crippen molar-refractivity contribution in [3.8, 4) is 6.07 Å². The van der Waals surface area contributed by atoms with Gasteiger partial charge in [0.2, 0.25) is 11.9 Å². The first-order chi connectivity index (χ1) is 12.2. The zero-order valence-electron chi connectivity index (χ0n) is 15.4. The van der Waals surface area contributed by atoms with Gasteiger partial charge in [0, 0.05) is 30.9 Å². The minimum Gasteiger partial charge on any atom is -0.365 e. The van der Waals surface area contributed by atoms with E-state index in [1.54, 1.807) is 4.90 Å². The number of rotatable bonds is 5. The second-order valence-corrected chi connectivity index (χ2v) is 7.35. The number of nitrogens with one attached hydrogen (secondary N) is 2. The number of anilines is 2. The number of nitriles is 1. The van der Waals surface area contributed by atoms with Crippen LogP contribution >= 0.6 is 0 Å². The molecule has 1 atom stereocenters. The lowest BCUT2D eigenvalue weighted by atomic mass is 10.0. The molecule has 1 aromatic rings. The van der Waals surface area contributed by atoms with Crippen molar-refractivity contribution in [2.24, 2.45) is 5.73 Å². The highest BCUT2D eigenvalue weighted by molar-refractivity contribution is 5.97. The molecular weight excluding hydrogens is 334 g/mol. The molecule has 0 aliphatic carbocycles. The second-order valence-electron chi connectivity index (χ2n) is 7.35. The molecule has 9 heteroatoms. The highest BCUT2D eigenvalue weighted by atomic mass is 16.2. The number of piperidine rings is 1. The van der Waals surface area contributed by atoms with Gasteiger partial charge in [-0.3, -0.25) is 9.59 Å². The van der Waals surface area contributed by atoms with Gasteiger partial charge in [-0.15, -0.1) is 0 Å². The van der Waals surface area contributed by atoms with Gasteiger partial charge in [-0.05, 0) is 33.6 Å². The van der Waals surface area contributed by atoms with E-state index in [9.17, 15) is 9.59 Å². The van der Waals surface area contributed by atoms with Gasteiger partial charge < -0.3 is 21.3 Å². The number of hydrogen-bond acceptors (Lipinski definition) is 7. The fourth-order valence-electron chi connectivity index (χ4n) is 2.76. The van der Waals surface area contributed by atoms with Crippen LogP contribution < -0.4 is 16.4 Å². The highest BCUT2D eigenvalue weighted by Crippen LogP contribution is 2.20. The Morgan fingerprint density at radius 1 is 1.46 bits per heavy atom. The normalized spacial score (nSPS) is 17.3. The summed E-state index contributed by atoms with van der Waals surface area (Å²) in [4.78, 5) is 33.8. The molecule has 0 saturated carbocycles. The maximum atomic E-state index is 11.9. The summed E-state index contributed by atoms with van der Waals surface area (Å²) in [6.45, 7) is 7.01. The molecule has 0 bridgehead atoms. The lowest BCUT2D eigenvalue weighted by Crippen LogP contribution is -2.45. The van der Waals surface area contributed by atoms with Gasteiger partial charge in [-0.25, -0.2) is 4.98 Å². The van der Waals surface area contributed by atoms with Crippen molar-refractivity contribution in [3.05, 3.63) is 11.8 Å². The van der Waals surface area contributed by atoms with E-state index in [4.69, 9.17) is 11.0 Å². The smallest absolute Gasteiger partial charge is 0.254 e. The molecule has 1 unspecified atom stereocenters. The first-order valence-corrected chi connectivity index (χ1v) is 8.56. The van der Waals surface area contributed by atoms with Gasteiger partial charge >= 0.3 is 0 Å². The zero-order valence-corrected chi connectivity index (χ0v) is 15.4. The predicted molar refractivity (Wildman–Crippen MR) is 97.4 cm³/mol. The van der Waals surface area contributed by atoms with Crippen molar-refractivity contribution >= 4 is 23.6 Å². The number of nitrogens with zero attached hydrogens (tertiary/aromatic N) is 4. The number of carbonyl (C=O) groups is 2. The third-order valence-corrected chi connectivity index (χ3v) is 3.89. The summed E-state index contributed by atoms with van der Waals surface area (Å²) in [5.74, 6) is -0.0769. The molecular formula is C17H25N7O2. The van der Waals surface area contributed by atoms with Gasteiger partial charge in [0.15, 0.2) is 0 Å². The molecule has 0 aromatic carbocycles. The van der Waals surface area contributed by atoms with Crippen LogP contribution in [0.3, 0.4) is 0 Å². The molecule has 1 aromatic heterocycles. The summed E-state index contributed by atoms with van der Waals surface area (Å²) in [5, 5.41) is 15.1. The van der Waals surface area contributed by atoms with Gasteiger partial charge in [0.25, 0.3) is 5.91 Å². The molecule has 1 saturated heterocycles. The van der Waals surface area contributed by atoms with E-state index in [0.717, 1.165) is 12.8 Å². The summed E-state index contributed by atoms with van der Waals surface area (Å²) in [6, 6.07) is 1.80. The Labute approximate surface area is 153 Å². The van der Waals surface area contributed by atoms with Crippen LogP contribution in [0.15, 0.2) is 6.20 Å². The van der Waals surface area contributed by atoms with E-state index in [1.807, 2.05) is 26.8 Å². The van der Waals surface area contributed by atoms with Gasteiger partial charge in [0.05, 0.1) is 11.6 Å². The Bertz CT molecular complexity index is 721. The topological polar surface area (TPSA) is 137 Å². The number of primary amides is 1. The lowest BCUT2D eigenvalue weighted by molar-refractivity contribution is -0.131. The fraction of sp³-hybridized carbons (Fsp3) is 0.588. The molecule has 0 radical (unpaired) electrons. The largest absolute Gasteiger partial charge is 0.365 e. The number of likely N-dealkylation sites (tertiary alicyclic amines) is 1. The zero-order chi connectivity index (χ0) is 19.3. The number of hydrogen-bond donors (Lipinski definition) is 3.